The summed E-state index contributed by atoms with van der Waals surface area (Å²) in [4.78, 5) is 20.4. The van der Waals surface area contributed by atoms with Crippen molar-refractivity contribution in [1.82, 2.24) is 15.3 Å². The molecule has 0 spiro atoms. The molecule has 1 aromatic heterocycles. The molecular formula is C14H17N3O2. The van der Waals surface area contributed by atoms with Crippen LogP contribution in [-0.2, 0) is 0 Å². The third-order valence-corrected chi connectivity index (χ3v) is 2.80. The second kappa shape index (κ2) is 5.75. The van der Waals surface area contributed by atoms with E-state index < -0.39 is 6.10 Å². The minimum atomic E-state index is -0.433. The average molecular weight is 259 g/mol. The van der Waals surface area contributed by atoms with Gasteiger partial charge in [-0.25, -0.2) is 0 Å². The molecule has 0 radical (unpaired) electrons. The maximum atomic E-state index is 12.0. The van der Waals surface area contributed by atoms with Gasteiger partial charge in [-0.2, -0.15) is 0 Å². The number of hydrogen-bond acceptors (Lipinski definition) is 4. The lowest BCUT2D eigenvalue weighted by atomic mass is 10.1. The Morgan fingerprint density at radius 1 is 1.26 bits per heavy atom. The van der Waals surface area contributed by atoms with Gasteiger partial charge < -0.3 is 10.4 Å². The summed E-state index contributed by atoms with van der Waals surface area (Å²) in [5.74, 6) is -0.166. The highest BCUT2D eigenvalue weighted by molar-refractivity contribution is 5.97. The second-order valence-electron chi connectivity index (χ2n) is 4.72. The number of rotatable bonds is 4. The summed E-state index contributed by atoms with van der Waals surface area (Å²) in [7, 11) is 0. The van der Waals surface area contributed by atoms with Gasteiger partial charge in [0, 0.05) is 24.0 Å². The van der Waals surface area contributed by atoms with Crippen molar-refractivity contribution in [1.29, 1.82) is 0 Å². The molecule has 19 heavy (non-hydrogen) atoms. The maximum Gasteiger partial charge on any atom is 0.251 e. The molecule has 1 aromatic carbocycles. The highest BCUT2D eigenvalue weighted by Gasteiger charge is 2.12. The van der Waals surface area contributed by atoms with Crippen molar-refractivity contribution in [2.75, 3.05) is 0 Å². The maximum absolute atomic E-state index is 12.0. The van der Waals surface area contributed by atoms with Crippen LogP contribution in [0.3, 0.4) is 0 Å². The molecule has 5 heteroatoms. The lowest BCUT2D eigenvalue weighted by molar-refractivity contribution is 0.0923. The van der Waals surface area contributed by atoms with E-state index in [9.17, 15) is 9.90 Å². The van der Waals surface area contributed by atoms with E-state index in [1.165, 1.54) is 0 Å². The van der Waals surface area contributed by atoms with Crippen molar-refractivity contribution >= 4 is 16.9 Å². The van der Waals surface area contributed by atoms with Crippen LogP contribution in [0.2, 0.25) is 0 Å². The van der Waals surface area contributed by atoms with Crippen LogP contribution in [0.4, 0.5) is 0 Å². The fraction of sp³-hybridized carbons (Fsp3) is 0.357. The number of carbonyl (C=O) groups is 1. The lowest BCUT2D eigenvalue weighted by Crippen LogP contribution is -2.34. The molecule has 2 atom stereocenters. The van der Waals surface area contributed by atoms with E-state index in [1.54, 1.807) is 37.5 Å². The second-order valence-corrected chi connectivity index (χ2v) is 4.72. The molecule has 0 bridgehead atoms. The molecule has 0 saturated carbocycles. The van der Waals surface area contributed by atoms with Crippen molar-refractivity contribution in [2.24, 2.45) is 0 Å². The summed E-state index contributed by atoms with van der Waals surface area (Å²) in [6.45, 7) is 3.57. The molecule has 100 valence electrons. The number of hydrogen-bond donors (Lipinski definition) is 2. The Labute approximate surface area is 111 Å². The summed E-state index contributed by atoms with van der Waals surface area (Å²) in [5, 5.41) is 12.1. The molecule has 0 fully saturated rings. The van der Waals surface area contributed by atoms with Gasteiger partial charge >= 0.3 is 0 Å². The first-order valence-electron chi connectivity index (χ1n) is 6.26. The van der Waals surface area contributed by atoms with Crippen LogP contribution in [0.15, 0.2) is 30.6 Å². The molecule has 2 aromatic rings. The molecule has 0 aliphatic rings. The number of carbonyl (C=O) groups excluding carboxylic acids is 1. The van der Waals surface area contributed by atoms with Gasteiger partial charge in [-0.1, -0.05) is 0 Å². The number of amides is 1. The summed E-state index contributed by atoms with van der Waals surface area (Å²) in [5.41, 5.74) is 2.00. The molecule has 1 heterocycles. The van der Waals surface area contributed by atoms with Crippen LogP contribution in [0.1, 0.15) is 30.6 Å². The van der Waals surface area contributed by atoms with E-state index >= 15 is 0 Å². The van der Waals surface area contributed by atoms with Gasteiger partial charge in [0.25, 0.3) is 5.91 Å². The quantitative estimate of drug-likeness (QED) is 0.873. The zero-order valence-corrected chi connectivity index (χ0v) is 11.0. The normalized spacial score (nSPS) is 14.1. The van der Waals surface area contributed by atoms with Crippen molar-refractivity contribution in [3.8, 4) is 0 Å². The predicted octanol–water partition coefficient (Wildman–Crippen LogP) is 1.52. The van der Waals surface area contributed by atoms with Gasteiger partial charge in [-0.15, -0.1) is 0 Å². The Bertz CT molecular complexity index is 584. The SMILES string of the molecule is CC(O)CC(C)NC(=O)c1ccc2nccnc2c1. The summed E-state index contributed by atoms with van der Waals surface area (Å²) in [6.07, 6.45) is 3.31. The molecule has 1 amide bonds. The van der Waals surface area contributed by atoms with Crippen LogP contribution >= 0.6 is 0 Å². The van der Waals surface area contributed by atoms with Crippen molar-refractivity contribution in [3.05, 3.63) is 36.2 Å². The van der Waals surface area contributed by atoms with Gasteiger partial charge in [0.15, 0.2) is 0 Å². The first kappa shape index (κ1) is 13.4. The zero-order valence-electron chi connectivity index (χ0n) is 11.0. The number of fused-ring (bicyclic) bond motifs is 1. The van der Waals surface area contributed by atoms with Crippen molar-refractivity contribution in [3.63, 3.8) is 0 Å². The van der Waals surface area contributed by atoms with Crippen LogP contribution in [0.5, 0.6) is 0 Å². The Morgan fingerprint density at radius 2 is 1.95 bits per heavy atom. The molecular weight excluding hydrogens is 242 g/mol. The van der Waals surface area contributed by atoms with E-state index in [1.807, 2.05) is 6.92 Å². The van der Waals surface area contributed by atoms with E-state index in [0.29, 0.717) is 17.5 Å². The van der Waals surface area contributed by atoms with Crippen LogP contribution in [0, 0.1) is 0 Å². The van der Waals surface area contributed by atoms with Crippen molar-refractivity contribution < 1.29 is 9.90 Å². The lowest BCUT2D eigenvalue weighted by Gasteiger charge is -2.15. The first-order chi connectivity index (χ1) is 9.06. The van der Waals surface area contributed by atoms with Gasteiger partial charge in [0.2, 0.25) is 0 Å². The third-order valence-electron chi connectivity index (χ3n) is 2.80. The van der Waals surface area contributed by atoms with Gasteiger partial charge in [-0.05, 0) is 38.5 Å². The first-order valence-corrected chi connectivity index (χ1v) is 6.26. The predicted molar refractivity (Wildman–Crippen MR) is 72.8 cm³/mol. The minimum absolute atomic E-state index is 0.0787. The Morgan fingerprint density at radius 3 is 2.63 bits per heavy atom. The largest absolute Gasteiger partial charge is 0.393 e. The smallest absolute Gasteiger partial charge is 0.251 e. The van der Waals surface area contributed by atoms with Crippen LogP contribution in [0.25, 0.3) is 11.0 Å². The third kappa shape index (κ3) is 3.48. The minimum Gasteiger partial charge on any atom is -0.393 e. The zero-order chi connectivity index (χ0) is 13.8. The average Bonchev–Trinajstić information content (AvgIpc) is 2.37. The Kier molecular flexibility index (Phi) is 4.06. The number of aliphatic hydroxyl groups is 1. The molecule has 0 aliphatic carbocycles. The topological polar surface area (TPSA) is 75.1 Å². The van der Waals surface area contributed by atoms with E-state index in [2.05, 4.69) is 15.3 Å². The molecule has 2 N–H and O–H groups in total. The van der Waals surface area contributed by atoms with Crippen LogP contribution in [-0.4, -0.2) is 33.1 Å². The summed E-state index contributed by atoms with van der Waals surface area (Å²) in [6, 6.07) is 5.13. The summed E-state index contributed by atoms with van der Waals surface area (Å²) >= 11 is 0. The number of nitrogens with one attached hydrogen (secondary N) is 1. The molecule has 0 aliphatic heterocycles. The fourth-order valence-corrected chi connectivity index (χ4v) is 1.98. The monoisotopic (exact) mass is 259 g/mol. The van der Waals surface area contributed by atoms with E-state index in [-0.39, 0.29) is 11.9 Å². The van der Waals surface area contributed by atoms with Gasteiger partial charge in [-0.3, -0.25) is 14.8 Å². The molecule has 0 saturated heterocycles. The van der Waals surface area contributed by atoms with Gasteiger partial charge in [0.05, 0.1) is 17.1 Å². The standard InChI is InChI=1S/C14H17N3O2/c1-9(7-10(2)18)17-14(19)11-3-4-12-13(8-11)16-6-5-15-12/h3-6,8-10,18H,7H2,1-2H3,(H,17,19). The molecule has 5 nitrogen and oxygen atoms in total. The number of aromatic nitrogens is 2. The highest BCUT2D eigenvalue weighted by atomic mass is 16.3. The number of aliphatic hydroxyl groups excluding tert-OH is 1. The number of benzene rings is 1. The molecule has 2 rings (SSSR count). The number of nitrogens with zero attached hydrogens (tertiary/aromatic N) is 2. The highest BCUT2D eigenvalue weighted by Crippen LogP contribution is 2.11. The van der Waals surface area contributed by atoms with Crippen LogP contribution < -0.4 is 5.32 Å². The van der Waals surface area contributed by atoms with Gasteiger partial charge in [0.1, 0.15) is 0 Å². The Balaban J connectivity index is 2.13. The van der Waals surface area contributed by atoms with E-state index in [0.717, 1.165) is 5.52 Å². The fourth-order valence-electron chi connectivity index (χ4n) is 1.98. The summed E-state index contributed by atoms with van der Waals surface area (Å²) < 4.78 is 0. The Hall–Kier alpha value is -2.01. The molecule has 2 unspecified atom stereocenters. The van der Waals surface area contributed by atoms with E-state index in [4.69, 9.17) is 0 Å². The van der Waals surface area contributed by atoms with Crippen molar-refractivity contribution in [2.45, 2.75) is 32.4 Å².